The van der Waals surface area contributed by atoms with Crippen molar-refractivity contribution in [1.29, 1.82) is 0 Å². The third-order valence-electron chi connectivity index (χ3n) is 4.45. The zero-order valence-electron chi connectivity index (χ0n) is 12.0. The molecular formula is C13H26N2O3S. The molecule has 0 radical (unpaired) electrons. The first-order valence-electron chi connectivity index (χ1n) is 7.36. The fraction of sp³-hybridized carbons (Fsp3) is 1.00. The molecule has 0 bridgehead atoms. The normalized spacial score (nSPS) is 35.4. The van der Waals surface area contributed by atoms with E-state index in [0.717, 1.165) is 32.1 Å². The fourth-order valence-electron chi connectivity index (χ4n) is 3.37. The summed E-state index contributed by atoms with van der Waals surface area (Å²) in [5.74, 6) is 0.0962. The van der Waals surface area contributed by atoms with Crippen LogP contribution in [0.2, 0.25) is 0 Å². The zero-order valence-corrected chi connectivity index (χ0v) is 12.8. The third kappa shape index (κ3) is 3.12. The van der Waals surface area contributed by atoms with Crippen molar-refractivity contribution in [1.82, 2.24) is 8.61 Å². The van der Waals surface area contributed by atoms with Gasteiger partial charge in [0, 0.05) is 31.8 Å². The summed E-state index contributed by atoms with van der Waals surface area (Å²) in [7, 11) is -3.37. The van der Waals surface area contributed by atoms with Gasteiger partial charge >= 0.3 is 0 Å². The summed E-state index contributed by atoms with van der Waals surface area (Å²) < 4.78 is 28.9. The van der Waals surface area contributed by atoms with E-state index in [4.69, 9.17) is 0 Å². The van der Waals surface area contributed by atoms with Gasteiger partial charge in [-0.1, -0.05) is 6.42 Å². The topological polar surface area (TPSA) is 60.9 Å². The third-order valence-corrected chi connectivity index (χ3v) is 6.68. The van der Waals surface area contributed by atoms with Crippen molar-refractivity contribution in [2.24, 2.45) is 5.92 Å². The van der Waals surface area contributed by atoms with Gasteiger partial charge in [0.1, 0.15) is 0 Å². The van der Waals surface area contributed by atoms with E-state index in [2.05, 4.69) is 0 Å². The van der Waals surface area contributed by atoms with Gasteiger partial charge in [-0.05, 0) is 45.4 Å². The predicted molar refractivity (Wildman–Crippen MR) is 74.9 cm³/mol. The molecule has 3 atom stereocenters. The summed E-state index contributed by atoms with van der Waals surface area (Å²) in [5.41, 5.74) is 0. The van der Waals surface area contributed by atoms with E-state index in [1.165, 1.54) is 0 Å². The van der Waals surface area contributed by atoms with E-state index < -0.39 is 10.2 Å². The second-order valence-corrected chi connectivity index (χ2v) is 7.85. The molecule has 6 heteroatoms. The van der Waals surface area contributed by atoms with Crippen LogP contribution in [0, 0.1) is 5.92 Å². The van der Waals surface area contributed by atoms with Crippen LogP contribution in [0.5, 0.6) is 0 Å². The van der Waals surface area contributed by atoms with Crippen LogP contribution in [-0.4, -0.2) is 53.9 Å². The molecule has 2 aliphatic heterocycles. The van der Waals surface area contributed by atoms with E-state index >= 15 is 0 Å². The van der Waals surface area contributed by atoms with E-state index in [0.29, 0.717) is 13.1 Å². The van der Waals surface area contributed by atoms with E-state index in [1.807, 2.05) is 13.8 Å². The molecule has 0 aromatic carbocycles. The van der Waals surface area contributed by atoms with Gasteiger partial charge in [-0.25, -0.2) is 0 Å². The standard InChI is InChI=1S/C13H26N2O3S/c1-11-5-3-6-12(2)15(11)19(17,18)14-8-4-7-13(9-14)10-16/h11-13,16H,3-10H2,1-2H3. The second-order valence-electron chi connectivity index (χ2n) is 6.02. The Morgan fingerprint density at radius 2 is 1.74 bits per heavy atom. The Hall–Kier alpha value is -0.170. The second kappa shape index (κ2) is 6.08. The molecule has 2 rings (SSSR count). The van der Waals surface area contributed by atoms with Gasteiger partial charge in [0.25, 0.3) is 10.2 Å². The molecule has 0 saturated carbocycles. The maximum absolute atomic E-state index is 12.8. The Bertz CT molecular complexity index is 389. The van der Waals surface area contributed by atoms with Crippen LogP contribution < -0.4 is 0 Å². The van der Waals surface area contributed by atoms with Crippen molar-refractivity contribution >= 4 is 10.2 Å². The van der Waals surface area contributed by atoms with E-state index in [1.54, 1.807) is 8.61 Å². The molecule has 0 amide bonds. The van der Waals surface area contributed by atoms with Gasteiger partial charge in [0.15, 0.2) is 0 Å². The van der Waals surface area contributed by atoms with Crippen molar-refractivity contribution < 1.29 is 13.5 Å². The Kier molecular flexibility index (Phi) is 4.87. The fourth-order valence-corrected chi connectivity index (χ4v) is 5.52. The summed E-state index contributed by atoms with van der Waals surface area (Å²) in [5, 5.41) is 9.25. The first-order chi connectivity index (χ1) is 8.96. The van der Waals surface area contributed by atoms with Crippen LogP contribution in [-0.2, 0) is 10.2 Å². The Labute approximate surface area is 116 Å². The summed E-state index contributed by atoms with van der Waals surface area (Å²) in [6, 6.07) is 0.173. The largest absolute Gasteiger partial charge is 0.396 e. The molecule has 5 nitrogen and oxygen atoms in total. The number of piperidine rings is 2. The molecule has 0 aromatic heterocycles. The average Bonchev–Trinajstić information content (AvgIpc) is 2.38. The molecular weight excluding hydrogens is 264 g/mol. The van der Waals surface area contributed by atoms with E-state index in [-0.39, 0.29) is 24.6 Å². The number of aliphatic hydroxyl groups excluding tert-OH is 1. The molecule has 19 heavy (non-hydrogen) atoms. The summed E-state index contributed by atoms with van der Waals surface area (Å²) in [6.07, 6.45) is 4.77. The number of aliphatic hydroxyl groups is 1. The van der Waals surface area contributed by atoms with Gasteiger partial charge in [-0.2, -0.15) is 17.0 Å². The molecule has 2 aliphatic rings. The van der Waals surface area contributed by atoms with Crippen molar-refractivity contribution in [3.8, 4) is 0 Å². The number of hydrogen-bond donors (Lipinski definition) is 1. The zero-order chi connectivity index (χ0) is 14.0. The maximum Gasteiger partial charge on any atom is 0.282 e. The highest BCUT2D eigenvalue weighted by Crippen LogP contribution is 2.29. The predicted octanol–water partition coefficient (Wildman–Crippen LogP) is 1.20. The minimum absolute atomic E-state index is 0.0805. The van der Waals surface area contributed by atoms with Crippen LogP contribution in [0.3, 0.4) is 0 Å². The highest BCUT2D eigenvalue weighted by Gasteiger charge is 2.39. The molecule has 0 aliphatic carbocycles. The van der Waals surface area contributed by atoms with Crippen molar-refractivity contribution in [3.63, 3.8) is 0 Å². The summed E-state index contributed by atoms with van der Waals surface area (Å²) in [4.78, 5) is 0. The van der Waals surface area contributed by atoms with Gasteiger partial charge in [-0.15, -0.1) is 0 Å². The minimum Gasteiger partial charge on any atom is -0.396 e. The molecule has 2 saturated heterocycles. The molecule has 0 spiro atoms. The molecule has 1 N–H and O–H groups in total. The lowest BCUT2D eigenvalue weighted by molar-refractivity contribution is 0.145. The van der Waals surface area contributed by atoms with Crippen LogP contribution in [0.4, 0.5) is 0 Å². The lowest BCUT2D eigenvalue weighted by Crippen LogP contribution is -2.55. The first-order valence-corrected chi connectivity index (χ1v) is 8.76. The van der Waals surface area contributed by atoms with Crippen molar-refractivity contribution in [2.45, 2.75) is 58.0 Å². The quantitative estimate of drug-likeness (QED) is 0.849. The van der Waals surface area contributed by atoms with Crippen LogP contribution in [0.1, 0.15) is 46.0 Å². The van der Waals surface area contributed by atoms with Crippen LogP contribution in [0.15, 0.2) is 0 Å². The SMILES string of the molecule is CC1CCCC(C)N1S(=O)(=O)N1CCCC(CO)C1. The maximum atomic E-state index is 12.8. The first kappa shape index (κ1) is 15.2. The van der Waals surface area contributed by atoms with Gasteiger partial charge in [-0.3, -0.25) is 0 Å². The summed E-state index contributed by atoms with van der Waals surface area (Å²) >= 11 is 0. The molecule has 112 valence electrons. The molecule has 2 fully saturated rings. The van der Waals surface area contributed by atoms with Gasteiger partial charge in [0.2, 0.25) is 0 Å². The van der Waals surface area contributed by atoms with Crippen molar-refractivity contribution in [3.05, 3.63) is 0 Å². The monoisotopic (exact) mass is 290 g/mol. The molecule has 2 heterocycles. The average molecular weight is 290 g/mol. The Balaban J connectivity index is 2.16. The van der Waals surface area contributed by atoms with Crippen molar-refractivity contribution in [2.75, 3.05) is 19.7 Å². The summed E-state index contributed by atoms with van der Waals surface area (Å²) in [6.45, 7) is 5.14. The highest BCUT2D eigenvalue weighted by atomic mass is 32.2. The lowest BCUT2D eigenvalue weighted by Gasteiger charge is -2.42. The minimum atomic E-state index is -3.37. The number of hydrogen-bond acceptors (Lipinski definition) is 3. The smallest absolute Gasteiger partial charge is 0.282 e. The Morgan fingerprint density at radius 1 is 1.11 bits per heavy atom. The molecule has 3 unspecified atom stereocenters. The number of rotatable bonds is 3. The van der Waals surface area contributed by atoms with Gasteiger partial charge in [0.05, 0.1) is 0 Å². The molecule has 0 aromatic rings. The van der Waals surface area contributed by atoms with Crippen LogP contribution >= 0.6 is 0 Å². The lowest BCUT2D eigenvalue weighted by atomic mass is 10.0. The van der Waals surface area contributed by atoms with Crippen LogP contribution in [0.25, 0.3) is 0 Å². The Morgan fingerprint density at radius 3 is 2.32 bits per heavy atom. The van der Waals surface area contributed by atoms with E-state index in [9.17, 15) is 13.5 Å². The van der Waals surface area contributed by atoms with Gasteiger partial charge < -0.3 is 5.11 Å². The highest BCUT2D eigenvalue weighted by molar-refractivity contribution is 7.86. The number of nitrogens with zero attached hydrogens (tertiary/aromatic N) is 2.